The summed E-state index contributed by atoms with van der Waals surface area (Å²) in [5.74, 6) is 1.69. The SMILES string of the molecule is Cc1ccc(NC(=O)Nc2nc(N(C)C)nc3nc(-c4ccco4)nn23)cc1. The highest BCUT2D eigenvalue weighted by Gasteiger charge is 2.17. The Bertz CT molecular complexity index is 1120. The molecule has 2 N–H and O–H groups in total. The number of aryl methyl sites for hydroxylation is 1. The van der Waals surface area contributed by atoms with Gasteiger partial charge in [-0.1, -0.05) is 17.7 Å². The number of fused-ring (bicyclic) bond motifs is 1. The van der Waals surface area contributed by atoms with Gasteiger partial charge in [-0.25, -0.2) is 4.79 Å². The molecule has 0 aliphatic carbocycles. The van der Waals surface area contributed by atoms with Gasteiger partial charge in [-0.15, -0.1) is 5.10 Å². The topological polar surface area (TPSA) is 113 Å². The van der Waals surface area contributed by atoms with Crippen LogP contribution in [0.25, 0.3) is 17.4 Å². The molecule has 1 aromatic carbocycles. The quantitative estimate of drug-likeness (QED) is 0.561. The Kier molecular flexibility index (Phi) is 4.36. The monoisotopic (exact) mass is 378 g/mol. The van der Waals surface area contributed by atoms with E-state index in [1.807, 2.05) is 31.2 Å². The standard InChI is InChI=1S/C18H18N8O2/c1-11-6-8-12(9-7-11)19-18(27)23-17-22-15(25(2)3)21-16-20-14(24-26(16)17)13-5-4-10-28-13/h4-10H,1-3H3,(H2,19,20,21,22,23,24,27). The second-order valence-corrected chi connectivity index (χ2v) is 6.31. The molecule has 0 radical (unpaired) electrons. The summed E-state index contributed by atoms with van der Waals surface area (Å²) in [5, 5.41) is 9.82. The number of nitrogens with one attached hydrogen (secondary N) is 2. The normalized spacial score (nSPS) is 10.8. The molecule has 2 amide bonds. The van der Waals surface area contributed by atoms with Crippen LogP contribution >= 0.6 is 0 Å². The third kappa shape index (κ3) is 3.47. The van der Waals surface area contributed by atoms with E-state index in [0.29, 0.717) is 23.2 Å². The highest BCUT2D eigenvalue weighted by molar-refractivity contribution is 5.98. The summed E-state index contributed by atoms with van der Waals surface area (Å²) in [7, 11) is 3.59. The maximum atomic E-state index is 12.5. The van der Waals surface area contributed by atoms with E-state index in [4.69, 9.17) is 4.42 Å². The molecule has 10 nitrogen and oxygen atoms in total. The van der Waals surface area contributed by atoms with E-state index >= 15 is 0 Å². The molecule has 0 saturated heterocycles. The first-order valence-corrected chi connectivity index (χ1v) is 8.50. The van der Waals surface area contributed by atoms with Crippen LogP contribution in [0.3, 0.4) is 0 Å². The molecule has 3 aromatic heterocycles. The average Bonchev–Trinajstić information content (AvgIpc) is 3.32. The molecular formula is C18H18N8O2. The Morgan fingerprint density at radius 2 is 1.86 bits per heavy atom. The fourth-order valence-corrected chi connectivity index (χ4v) is 2.47. The number of urea groups is 1. The van der Waals surface area contributed by atoms with Gasteiger partial charge in [0, 0.05) is 19.8 Å². The maximum Gasteiger partial charge on any atom is 0.326 e. The van der Waals surface area contributed by atoms with Gasteiger partial charge in [-0.3, -0.25) is 5.32 Å². The summed E-state index contributed by atoms with van der Waals surface area (Å²) in [6.45, 7) is 1.98. The molecule has 0 fully saturated rings. The lowest BCUT2D eigenvalue weighted by atomic mass is 10.2. The van der Waals surface area contributed by atoms with Crippen molar-refractivity contribution in [2.45, 2.75) is 6.92 Å². The Morgan fingerprint density at radius 3 is 2.54 bits per heavy atom. The minimum absolute atomic E-state index is 0.184. The molecule has 142 valence electrons. The van der Waals surface area contributed by atoms with Crippen molar-refractivity contribution in [3.05, 3.63) is 48.2 Å². The van der Waals surface area contributed by atoms with Crippen molar-refractivity contribution in [3.63, 3.8) is 0 Å². The lowest BCUT2D eigenvalue weighted by molar-refractivity contribution is 0.262. The number of carbonyl (C=O) groups excluding carboxylic acids is 1. The van der Waals surface area contributed by atoms with Crippen LogP contribution in [0.5, 0.6) is 0 Å². The summed E-state index contributed by atoms with van der Waals surface area (Å²) in [6, 6.07) is 10.5. The molecule has 28 heavy (non-hydrogen) atoms. The third-order valence-electron chi connectivity index (χ3n) is 3.87. The molecule has 4 rings (SSSR count). The molecule has 4 aromatic rings. The fraction of sp³-hybridized carbons (Fsp3) is 0.167. The van der Waals surface area contributed by atoms with Crippen molar-refractivity contribution in [2.24, 2.45) is 0 Å². The first kappa shape index (κ1) is 17.5. The predicted molar refractivity (Wildman–Crippen MR) is 104 cm³/mol. The molecule has 10 heteroatoms. The number of anilines is 3. The first-order valence-electron chi connectivity index (χ1n) is 8.50. The van der Waals surface area contributed by atoms with E-state index in [2.05, 4.69) is 30.7 Å². The largest absolute Gasteiger partial charge is 0.461 e. The van der Waals surface area contributed by atoms with E-state index in [1.54, 1.807) is 31.1 Å². The highest BCUT2D eigenvalue weighted by Crippen LogP contribution is 2.19. The lowest BCUT2D eigenvalue weighted by Gasteiger charge is -2.12. The number of amides is 2. The zero-order valence-electron chi connectivity index (χ0n) is 15.5. The summed E-state index contributed by atoms with van der Waals surface area (Å²) < 4.78 is 6.70. The number of furan rings is 1. The predicted octanol–water partition coefficient (Wildman–Crippen LogP) is 2.80. The van der Waals surface area contributed by atoms with Gasteiger partial charge >= 0.3 is 6.03 Å². The molecule has 0 aliphatic heterocycles. The van der Waals surface area contributed by atoms with Gasteiger partial charge in [0.05, 0.1) is 6.26 Å². The van der Waals surface area contributed by atoms with Gasteiger partial charge in [-0.2, -0.15) is 19.5 Å². The Hall–Kier alpha value is -3.95. The Morgan fingerprint density at radius 1 is 1.07 bits per heavy atom. The van der Waals surface area contributed by atoms with E-state index in [1.165, 1.54) is 10.8 Å². The highest BCUT2D eigenvalue weighted by atomic mass is 16.3. The molecule has 3 heterocycles. The van der Waals surface area contributed by atoms with E-state index in [9.17, 15) is 4.79 Å². The van der Waals surface area contributed by atoms with Gasteiger partial charge in [0.15, 0.2) is 5.76 Å². The molecule has 0 atom stereocenters. The average molecular weight is 378 g/mol. The second-order valence-electron chi connectivity index (χ2n) is 6.31. The van der Waals surface area contributed by atoms with Gasteiger partial charge < -0.3 is 14.6 Å². The fourth-order valence-electron chi connectivity index (χ4n) is 2.47. The van der Waals surface area contributed by atoms with Crippen LogP contribution in [0.4, 0.5) is 22.4 Å². The zero-order chi connectivity index (χ0) is 19.7. The number of hydrogen-bond donors (Lipinski definition) is 2. The zero-order valence-corrected chi connectivity index (χ0v) is 15.5. The number of nitrogens with zero attached hydrogens (tertiary/aromatic N) is 6. The van der Waals surface area contributed by atoms with Crippen LogP contribution in [0.15, 0.2) is 47.1 Å². The van der Waals surface area contributed by atoms with Crippen LogP contribution < -0.4 is 15.5 Å². The first-order chi connectivity index (χ1) is 13.5. The van der Waals surface area contributed by atoms with E-state index in [-0.39, 0.29) is 11.7 Å². The smallest absolute Gasteiger partial charge is 0.326 e. The van der Waals surface area contributed by atoms with Crippen LogP contribution in [0.2, 0.25) is 0 Å². The van der Waals surface area contributed by atoms with Crippen LogP contribution in [0, 0.1) is 6.92 Å². The lowest BCUT2D eigenvalue weighted by Crippen LogP contribution is -2.24. The summed E-state index contributed by atoms with van der Waals surface area (Å²) in [6.07, 6.45) is 1.53. The van der Waals surface area contributed by atoms with Gasteiger partial charge in [-0.05, 0) is 31.2 Å². The minimum atomic E-state index is -0.455. The van der Waals surface area contributed by atoms with Crippen molar-refractivity contribution in [2.75, 3.05) is 29.6 Å². The number of benzene rings is 1. The molecule has 0 saturated carbocycles. The molecule has 0 bridgehead atoms. The molecule has 0 spiro atoms. The number of hydrogen-bond acceptors (Lipinski definition) is 7. The van der Waals surface area contributed by atoms with Crippen molar-refractivity contribution in [1.82, 2.24) is 24.6 Å². The number of rotatable bonds is 4. The van der Waals surface area contributed by atoms with Gasteiger partial charge in [0.25, 0.3) is 5.78 Å². The van der Waals surface area contributed by atoms with Crippen LogP contribution in [-0.4, -0.2) is 44.7 Å². The summed E-state index contributed by atoms with van der Waals surface area (Å²) >= 11 is 0. The van der Waals surface area contributed by atoms with Crippen molar-refractivity contribution in [1.29, 1.82) is 0 Å². The third-order valence-corrected chi connectivity index (χ3v) is 3.87. The van der Waals surface area contributed by atoms with Crippen molar-refractivity contribution >= 4 is 29.4 Å². The molecule has 0 aliphatic rings. The Balaban J connectivity index is 1.67. The Labute approximate surface area is 160 Å². The van der Waals surface area contributed by atoms with Crippen molar-refractivity contribution < 1.29 is 9.21 Å². The number of aromatic nitrogens is 5. The van der Waals surface area contributed by atoms with Crippen molar-refractivity contribution in [3.8, 4) is 11.6 Å². The minimum Gasteiger partial charge on any atom is -0.461 e. The maximum absolute atomic E-state index is 12.5. The van der Waals surface area contributed by atoms with Gasteiger partial charge in [0.2, 0.25) is 17.7 Å². The van der Waals surface area contributed by atoms with Gasteiger partial charge in [0.1, 0.15) is 0 Å². The second kappa shape index (κ2) is 6.99. The van der Waals surface area contributed by atoms with Crippen LogP contribution in [0.1, 0.15) is 5.56 Å². The van der Waals surface area contributed by atoms with E-state index < -0.39 is 6.03 Å². The molecular weight excluding hydrogens is 360 g/mol. The molecule has 0 unspecified atom stereocenters. The summed E-state index contributed by atoms with van der Waals surface area (Å²) in [4.78, 5) is 27.3. The van der Waals surface area contributed by atoms with Crippen LogP contribution in [-0.2, 0) is 0 Å². The number of carbonyl (C=O) groups is 1. The van der Waals surface area contributed by atoms with E-state index in [0.717, 1.165) is 5.56 Å². The summed E-state index contributed by atoms with van der Waals surface area (Å²) in [5.41, 5.74) is 1.77.